The molecular formula is C19H15N3O2S. The van der Waals surface area contributed by atoms with Gasteiger partial charge in [-0.3, -0.25) is 9.69 Å². The molecule has 5 nitrogen and oxygen atoms in total. The second-order valence-corrected chi connectivity index (χ2v) is 6.23. The lowest BCUT2D eigenvalue weighted by Crippen LogP contribution is -2.23. The van der Waals surface area contributed by atoms with Crippen LogP contribution in [0.15, 0.2) is 64.5 Å². The first-order chi connectivity index (χ1) is 12.2. The van der Waals surface area contributed by atoms with Gasteiger partial charge in [-0.15, -0.1) is 0 Å². The van der Waals surface area contributed by atoms with Crippen molar-refractivity contribution in [3.63, 3.8) is 0 Å². The number of para-hydroxylation sites is 1. The number of rotatable bonds is 4. The van der Waals surface area contributed by atoms with Gasteiger partial charge in [0.05, 0.1) is 10.6 Å². The van der Waals surface area contributed by atoms with E-state index in [4.69, 9.17) is 10.00 Å². The van der Waals surface area contributed by atoms with Crippen LogP contribution in [0.1, 0.15) is 5.56 Å². The van der Waals surface area contributed by atoms with Crippen LogP contribution in [-0.2, 0) is 4.79 Å². The molecule has 0 bridgehead atoms. The summed E-state index contributed by atoms with van der Waals surface area (Å²) in [6.45, 7) is 0.0128. The number of nitriles is 1. The summed E-state index contributed by atoms with van der Waals surface area (Å²) in [4.78, 5) is 19.1. The van der Waals surface area contributed by atoms with Gasteiger partial charge in [-0.25, -0.2) is 4.99 Å². The molecule has 1 heterocycles. The maximum atomic E-state index is 12.4. The van der Waals surface area contributed by atoms with Crippen LogP contribution in [0.3, 0.4) is 0 Å². The lowest BCUT2D eigenvalue weighted by Gasteiger charge is -2.06. The van der Waals surface area contributed by atoms with E-state index >= 15 is 0 Å². The highest BCUT2D eigenvalue weighted by Gasteiger charge is 2.30. The first-order valence-electron chi connectivity index (χ1n) is 7.58. The number of ether oxygens (including phenoxy) is 1. The van der Waals surface area contributed by atoms with E-state index in [1.54, 1.807) is 24.1 Å². The van der Waals surface area contributed by atoms with Crippen molar-refractivity contribution in [3.05, 3.63) is 65.1 Å². The Labute approximate surface area is 150 Å². The van der Waals surface area contributed by atoms with Crippen molar-refractivity contribution in [2.24, 2.45) is 4.99 Å². The largest absolute Gasteiger partial charge is 0.479 e. The number of thioether (sulfide) groups is 1. The summed E-state index contributed by atoms with van der Waals surface area (Å²) < 4.78 is 5.22. The zero-order chi connectivity index (χ0) is 17.6. The van der Waals surface area contributed by atoms with Crippen LogP contribution in [-0.4, -0.2) is 29.6 Å². The topological polar surface area (TPSA) is 65.7 Å². The summed E-state index contributed by atoms with van der Waals surface area (Å²) in [5.74, 6) is 0.544. The van der Waals surface area contributed by atoms with Gasteiger partial charge in [-0.2, -0.15) is 5.26 Å². The highest BCUT2D eigenvalue weighted by molar-refractivity contribution is 8.18. The Morgan fingerprint density at radius 2 is 1.92 bits per heavy atom. The predicted molar refractivity (Wildman–Crippen MR) is 99.4 cm³/mol. The number of hydrogen-bond donors (Lipinski definition) is 0. The summed E-state index contributed by atoms with van der Waals surface area (Å²) in [7, 11) is 1.72. The molecule has 0 saturated carbocycles. The summed E-state index contributed by atoms with van der Waals surface area (Å²) in [6.07, 6.45) is 1.82. The van der Waals surface area contributed by atoms with Gasteiger partial charge in [-0.05, 0) is 47.7 Å². The minimum absolute atomic E-state index is 0.0128. The molecule has 6 heteroatoms. The van der Waals surface area contributed by atoms with Crippen LogP contribution >= 0.6 is 11.8 Å². The second kappa shape index (κ2) is 7.69. The van der Waals surface area contributed by atoms with Crippen LogP contribution in [0.2, 0.25) is 0 Å². The molecule has 1 fully saturated rings. The van der Waals surface area contributed by atoms with Crippen molar-refractivity contribution < 1.29 is 9.53 Å². The van der Waals surface area contributed by atoms with E-state index in [2.05, 4.69) is 4.99 Å². The Morgan fingerprint density at radius 1 is 1.20 bits per heavy atom. The van der Waals surface area contributed by atoms with Gasteiger partial charge >= 0.3 is 0 Å². The van der Waals surface area contributed by atoms with Gasteiger partial charge in [0.25, 0.3) is 5.91 Å². The third-order valence-corrected chi connectivity index (χ3v) is 4.53. The average molecular weight is 349 g/mol. The van der Waals surface area contributed by atoms with Crippen LogP contribution < -0.4 is 4.74 Å². The number of hydrogen-bond acceptors (Lipinski definition) is 5. The number of carbonyl (C=O) groups excluding carboxylic acids is 1. The lowest BCUT2D eigenvalue weighted by atomic mass is 10.2. The maximum Gasteiger partial charge on any atom is 0.266 e. The van der Waals surface area contributed by atoms with E-state index in [0.717, 1.165) is 11.3 Å². The zero-order valence-corrected chi connectivity index (χ0v) is 14.4. The molecule has 1 aliphatic heterocycles. The van der Waals surface area contributed by atoms with Crippen molar-refractivity contribution in [2.75, 3.05) is 13.7 Å². The molecular weight excluding hydrogens is 334 g/mol. The lowest BCUT2D eigenvalue weighted by molar-refractivity contribution is -0.121. The molecule has 1 amide bonds. The molecule has 25 heavy (non-hydrogen) atoms. The number of likely N-dealkylation sites (N-methyl/N-ethyl adjacent to an activating group) is 1. The third kappa shape index (κ3) is 4.08. The maximum absolute atomic E-state index is 12.4. The average Bonchev–Trinajstić information content (AvgIpc) is 2.90. The summed E-state index contributed by atoms with van der Waals surface area (Å²) in [6, 6.07) is 18.7. The van der Waals surface area contributed by atoms with Crippen LogP contribution in [0, 0.1) is 11.3 Å². The Hall–Kier alpha value is -3.04. The Bertz CT molecular complexity index is 868. The number of carbonyl (C=O) groups is 1. The predicted octanol–water partition coefficient (Wildman–Crippen LogP) is 3.82. The minimum Gasteiger partial charge on any atom is -0.479 e. The van der Waals surface area contributed by atoms with Crippen molar-refractivity contribution in [2.45, 2.75) is 0 Å². The fourth-order valence-electron chi connectivity index (χ4n) is 2.19. The van der Waals surface area contributed by atoms with E-state index in [-0.39, 0.29) is 12.5 Å². The molecule has 0 aromatic heterocycles. The summed E-state index contributed by atoms with van der Waals surface area (Å²) in [5, 5.41) is 9.17. The summed E-state index contributed by atoms with van der Waals surface area (Å²) in [5.41, 5.74) is 1.69. The number of aliphatic imine (C=N–C) groups is 1. The minimum atomic E-state index is -0.0792. The SMILES string of the molecule is CN1C(=O)/C(=C\c2ccc(OCC#N)cc2)SC1=Nc1ccccc1. The third-order valence-electron chi connectivity index (χ3n) is 3.47. The number of amides is 1. The molecule has 0 unspecified atom stereocenters. The van der Waals surface area contributed by atoms with E-state index in [0.29, 0.717) is 15.8 Å². The molecule has 0 radical (unpaired) electrons. The molecule has 1 saturated heterocycles. The van der Waals surface area contributed by atoms with Gasteiger partial charge in [0.1, 0.15) is 11.8 Å². The Morgan fingerprint density at radius 3 is 2.60 bits per heavy atom. The smallest absolute Gasteiger partial charge is 0.266 e. The van der Waals surface area contributed by atoms with Gasteiger partial charge in [-0.1, -0.05) is 30.3 Å². The molecule has 2 aromatic carbocycles. The quantitative estimate of drug-likeness (QED) is 0.787. The van der Waals surface area contributed by atoms with E-state index in [9.17, 15) is 4.79 Å². The number of nitrogens with zero attached hydrogens (tertiary/aromatic N) is 3. The van der Waals surface area contributed by atoms with Crippen molar-refractivity contribution in [3.8, 4) is 11.8 Å². The molecule has 0 atom stereocenters. The highest BCUT2D eigenvalue weighted by atomic mass is 32.2. The standard InChI is InChI=1S/C19H15N3O2S/c1-22-18(23)17(25-19(22)21-15-5-3-2-4-6-15)13-14-7-9-16(10-8-14)24-12-11-20/h2-10,13H,12H2,1H3/b17-13+,21-19?. The molecule has 3 rings (SSSR count). The van der Waals surface area contributed by atoms with Gasteiger partial charge in [0.15, 0.2) is 11.8 Å². The van der Waals surface area contributed by atoms with Gasteiger partial charge in [0.2, 0.25) is 0 Å². The Balaban J connectivity index is 1.79. The van der Waals surface area contributed by atoms with Gasteiger partial charge in [0, 0.05) is 7.05 Å². The fraction of sp³-hybridized carbons (Fsp3) is 0.105. The molecule has 124 valence electrons. The zero-order valence-electron chi connectivity index (χ0n) is 13.5. The molecule has 2 aromatic rings. The summed E-state index contributed by atoms with van der Waals surface area (Å²) >= 11 is 1.35. The van der Waals surface area contributed by atoms with Crippen LogP contribution in [0.25, 0.3) is 6.08 Å². The van der Waals surface area contributed by atoms with Crippen molar-refractivity contribution in [1.29, 1.82) is 5.26 Å². The Kier molecular flexibility index (Phi) is 5.17. The van der Waals surface area contributed by atoms with Crippen LogP contribution in [0.5, 0.6) is 5.75 Å². The van der Waals surface area contributed by atoms with Crippen LogP contribution in [0.4, 0.5) is 5.69 Å². The van der Waals surface area contributed by atoms with E-state index < -0.39 is 0 Å². The molecule has 1 aliphatic rings. The van der Waals surface area contributed by atoms with Crippen molar-refractivity contribution >= 4 is 34.6 Å². The highest BCUT2D eigenvalue weighted by Crippen LogP contribution is 2.33. The molecule has 0 N–H and O–H groups in total. The monoisotopic (exact) mass is 349 g/mol. The normalized spacial score (nSPS) is 17.1. The van der Waals surface area contributed by atoms with Gasteiger partial charge < -0.3 is 4.74 Å². The van der Waals surface area contributed by atoms with E-state index in [1.807, 2.05) is 54.6 Å². The second-order valence-electron chi connectivity index (χ2n) is 5.22. The van der Waals surface area contributed by atoms with Crippen molar-refractivity contribution in [1.82, 2.24) is 4.90 Å². The first kappa shape index (κ1) is 16.8. The molecule has 0 aliphatic carbocycles. The fourth-order valence-corrected chi connectivity index (χ4v) is 3.18. The first-order valence-corrected chi connectivity index (χ1v) is 8.40. The number of benzene rings is 2. The number of amidine groups is 1. The molecule has 0 spiro atoms. The van der Waals surface area contributed by atoms with E-state index in [1.165, 1.54) is 11.8 Å².